The van der Waals surface area contributed by atoms with Gasteiger partial charge in [0.05, 0.1) is 21.3 Å². The van der Waals surface area contributed by atoms with E-state index < -0.39 is 29.3 Å². The molecule has 0 unspecified atom stereocenters. The lowest BCUT2D eigenvalue weighted by molar-refractivity contribution is -0.148. The van der Waals surface area contributed by atoms with Gasteiger partial charge in [-0.1, -0.05) is 30.3 Å². The van der Waals surface area contributed by atoms with E-state index in [0.29, 0.717) is 5.75 Å². The zero-order valence-corrected chi connectivity index (χ0v) is 13.9. The molecule has 0 aliphatic heterocycles. The number of ether oxygens (including phenoxy) is 3. The molecule has 0 fully saturated rings. The van der Waals surface area contributed by atoms with Gasteiger partial charge in [-0.3, -0.25) is 4.79 Å². The third kappa shape index (κ3) is 5.82. The molecule has 0 saturated carbocycles. The maximum atomic E-state index is 12.0. The van der Waals surface area contributed by atoms with Gasteiger partial charge in [0.15, 0.2) is 6.04 Å². The number of alkyl carbamates (subject to hydrolysis) is 1. The minimum atomic E-state index is -1.21. The highest BCUT2D eigenvalue weighted by atomic mass is 32.2. The van der Waals surface area contributed by atoms with Crippen LogP contribution in [0.3, 0.4) is 0 Å². The van der Waals surface area contributed by atoms with Crippen molar-refractivity contribution in [3.05, 3.63) is 35.9 Å². The molecule has 126 valence electrons. The van der Waals surface area contributed by atoms with Crippen LogP contribution in [0.5, 0.6) is 0 Å². The molecule has 0 aromatic heterocycles. The third-order valence-corrected chi connectivity index (χ3v) is 4.25. The predicted molar refractivity (Wildman–Crippen MR) is 84.9 cm³/mol. The number of carbonyl (C=O) groups excluding carboxylic acids is 3. The summed E-state index contributed by atoms with van der Waals surface area (Å²) in [5.41, 5.74) is 0.966. The number of carbonyl (C=O) groups is 3. The van der Waals surface area contributed by atoms with Crippen molar-refractivity contribution in [1.82, 2.24) is 5.32 Å². The Morgan fingerprint density at radius 1 is 1.00 bits per heavy atom. The van der Waals surface area contributed by atoms with Crippen molar-refractivity contribution in [2.45, 2.75) is 17.0 Å². The second kappa shape index (κ2) is 9.73. The maximum Gasteiger partial charge on any atom is 0.407 e. The van der Waals surface area contributed by atoms with Gasteiger partial charge in [-0.05, 0) is 5.56 Å². The van der Waals surface area contributed by atoms with E-state index >= 15 is 0 Å². The Morgan fingerprint density at radius 3 is 2.13 bits per heavy atom. The highest BCUT2D eigenvalue weighted by Crippen LogP contribution is 2.22. The largest absolute Gasteiger partial charge is 0.468 e. The average molecular weight is 341 g/mol. The second-order valence-electron chi connectivity index (χ2n) is 4.38. The Kier molecular flexibility index (Phi) is 7.96. The van der Waals surface area contributed by atoms with Crippen molar-refractivity contribution in [2.75, 3.05) is 21.3 Å². The Morgan fingerprint density at radius 2 is 1.61 bits per heavy atom. The van der Waals surface area contributed by atoms with Crippen molar-refractivity contribution in [3.8, 4) is 0 Å². The summed E-state index contributed by atoms with van der Waals surface area (Å²) in [4.78, 5) is 35.4. The molecule has 0 heterocycles. The van der Waals surface area contributed by atoms with Gasteiger partial charge in [-0.25, -0.2) is 9.59 Å². The number of rotatable bonds is 7. The summed E-state index contributed by atoms with van der Waals surface area (Å²) < 4.78 is 13.9. The van der Waals surface area contributed by atoms with Crippen LogP contribution in [0.25, 0.3) is 0 Å². The van der Waals surface area contributed by atoms with Gasteiger partial charge >= 0.3 is 18.0 Å². The van der Waals surface area contributed by atoms with Crippen LogP contribution in [0, 0.1) is 0 Å². The lowest BCUT2D eigenvalue weighted by atomic mass is 10.2. The zero-order chi connectivity index (χ0) is 17.2. The summed E-state index contributed by atoms with van der Waals surface area (Å²) in [6.07, 6.45) is -0.838. The molecule has 0 bridgehead atoms. The van der Waals surface area contributed by atoms with Crippen molar-refractivity contribution in [1.29, 1.82) is 0 Å². The molecule has 0 aliphatic carbocycles. The molecule has 0 spiro atoms. The fraction of sp³-hybridized carbons (Fsp3) is 0.400. The summed E-state index contributed by atoms with van der Waals surface area (Å²) in [5.74, 6) is -0.944. The number of esters is 2. The molecular weight excluding hydrogens is 322 g/mol. The third-order valence-electron chi connectivity index (χ3n) is 2.92. The van der Waals surface area contributed by atoms with Crippen molar-refractivity contribution >= 4 is 29.8 Å². The Balaban J connectivity index is 2.92. The van der Waals surface area contributed by atoms with Crippen LogP contribution in [0.1, 0.15) is 5.56 Å². The van der Waals surface area contributed by atoms with E-state index in [9.17, 15) is 14.4 Å². The van der Waals surface area contributed by atoms with E-state index in [0.717, 1.165) is 12.7 Å². The highest BCUT2D eigenvalue weighted by molar-refractivity contribution is 7.99. The quantitative estimate of drug-likeness (QED) is 0.591. The van der Waals surface area contributed by atoms with Crippen molar-refractivity contribution in [2.24, 2.45) is 0 Å². The molecule has 8 heteroatoms. The Labute approximate surface area is 138 Å². The van der Waals surface area contributed by atoms with Crippen LogP contribution >= 0.6 is 11.8 Å². The first kappa shape index (κ1) is 18.8. The minimum absolute atomic E-state index is 0.455. The molecular formula is C15H19NO6S. The number of hydrogen-bond donors (Lipinski definition) is 1. The monoisotopic (exact) mass is 341 g/mol. The van der Waals surface area contributed by atoms with E-state index in [1.807, 2.05) is 30.3 Å². The topological polar surface area (TPSA) is 90.9 Å². The molecule has 1 N–H and O–H groups in total. The van der Waals surface area contributed by atoms with Crippen molar-refractivity contribution in [3.63, 3.8) is 0 Å². The fourth-order valence-electron chi connectivity index (χ4n) is 1.75. The van der Waals surface area contributed by atoms with Gasteiger partial charge in [0.1, 0.15) is 5.25 Å². The minimum Gasteiger partial charge on any atom is -0.468 e. The first-order valence-corrected chi connectivity index (χ1v) is 7.74. The van der Waals surface area contributed by atoms with Crippen LogP contribution in [0.4, 0.5) is 4.79 Å². The van der Waals surface area contributed by atoms with Crippen LogP contribution in [0.2, 0.25) is 0 Å². The summed E-state index contributed by atoms with van der Waals surface area (Å²) in [5, 5.41) is 1.35. The molecule has 0 saturated heterocycles. The van der Waals surface area contributed by atoms with Gasteiger partial charge in [0.25, 0.3) is 0 Å². The molecule has 7 nitrogen and oxygen atoms in total. The lowest BCUT2D eigenvalue weighted by Gasteiger charge is -2.23. The molecule has 2 atom stereocenters. The first-order valence-electron chi connectivity index (χ1n) is 6.69. The Bertz CT molecular complexity index is 536. The molecule has 0 aliphatic rings. The number of benzene rings is 1. The molecule has 1 rings (SSSR count). The van der Waals surface area contributed by atoms with E-state index in [1.165, 1.54) is 26.0 Å². The van der Waals surface area contributed by atoms with Gasteiger partial charge < -0.3 is 19.5 Å². The van der Waals surface area contributed by atoms with Gasteiger partial charge in [-0.15, -0.1) is 11.8 Å². The van der Waals surface area contributed by atoms with Crippen LogP contribution in [-0.2, 0) is 29.6 Å². The van der Waals surface area contributed by atoms with E-state index in [1.54, 1.807) is 0 Å². The Hall–Kier alpha value is -2.22. The first-order chi connectivity index (χ1) is 11.0. The maximum absolute atomic E-state index is 12.0. The molecule has 1 aromatic carbocycles. The number of methoxy groups -OCH3 is 3. The predicted octanol–water partition coefficient (Wildman–Crippen LogP) is 1.36. The summed E-state index contributed by atoms with van der Waals surface area (Å²) >= 11 is 1.17. The normalized spacial score (nSPS) is 12.7. The summed E-state index contributed by atoms with van der Waals surface area (Å²) in [6.45, 7) is 0. The molecule has 0 radical (unpaired) electrons. The average Bonchev–Trinajstić information content (AvgIpc) is 2.60. The van der Waals surface area contributed by atoms with Gasteiger partial charge in [0.2, 0.25) is 0 Å². The van der Waals surface area contributed by atoms with Crippen LogP contribution in [-0.4, -0.2) is 50.7 Å². The van der Waals surface area contributed by atoms with E-state index in [-0.39, 0.29) is 0 Å². The van der Waals surface area contributed by atoms with Crippen LogP contribution < -0.4 is 5.32 Å². The van der Waals surface area contributed by atoms with Crippen molar-refractivity contribution < 1.29 is 28.6 Å². The SMILES string of the molecule is COC(=O)N[C@@H](C(=O)OC)[C@@H](SCc1ccccc1)C(=O)OC. The standard InChI is InChI=1S/C15H19NO6S/c1-20-13(17)11(16-15(19)22-3)12(14(18)21-2)23-9-10-7-5-4-6-8-10/h4-8,11-12H,9H2,1-3H3,(H,16,19)/t11-,12-/m1/s1. The summed E-state index contributed by atoms with van der Waals surface area (Å²) in [7, 11) is 3.54. The van der Waals surface area contributed by atoms with Gasteiger partial charge in [-0.2, -0.15) is 0 Å². The lowest BCUT2D eigenvalue weighted by Crippen LogP contribution is -2.51. The molecule has 1 aromatic rings. The van der Waals surface area contributed by atoms with Gasteiger partial charge in [0, 0.05) is 5.75 Å². The second-order valence-corrected chi connectivity index (χ2v) is 5.51. The number of hydrogen-bond acceptors (Lipinski definition) is 7. The zero-order valence-electron chi connectivity index (χ0n) is 13.1. The van der Waals surface area contributed by atoms with E-state index in [4.69, 9.17) is 4.74 Å². The molecule has 1 amide bonds. The highest BCUT2D eigenvalue weighted by Gasteiger charge is 2.37. The number of nitrogens with one attached hydrogen (secondary N) is 1. The fourth-order valence-corrected chi connectivity index (χ4v) is 2.92. The number of amides is 1. The van der Waals surface area contributed by atoms with E-state index in [2.05, 4.69) is 14.8 Å². The van der Waals surface area contributed by atoms with Crippen LogP contribution in [0.15, 0.2) is 30.3 Å². The summed E-state index contributed by atoms with van der Waals surface area (Å²) in [6, 6.07) is 8.18. The number of thioether (sulfide) groups is 1. The smallest absolute Gasteiger partial charge is 0.407 e. The molecule has 23 heavy (non-hydrogen) atoms.